The largest absolute Gasteiger partial charge is 0.320 e. The number of aryl methyl sites for hydroxylation is 2. The molecule has 1 N–H and O–H groups in total. The molecule has 0 amide bonds. The molecule has 24 heavy (non-hydrogen) atoms. The Morgan fingerprint density at radius 2 is 1.96 bits per heavy atom. The van der Waals surface area contributed by atoms with Crippen LogP contribution in [0.15, 0.2) is 35.1 Å². The van der Waals surface area contributed by atoms with Gasteiger partial charge >= 0.3 is 0 Å². The minimum atomic E-state index is -0.320. The maximum atomic E-state index is 12.4. The molecule has 0 saturated heterocycles. The highest BCUT2D eigenvalue weighted by molar-refractivity contribution is 7.15. The molecule has 3 nitrogen and oxygen atoms in total. The molecule has 0 atom stereocenters. The molecule has 0 aliphatic rings. The highest BCUT2D eigenvalue weighted by Crippen LogP contribution is 2.33. The van der Waals surface area contributed by atoms with Gasteiger partial charge in [-0.3, -0.25) is 4.79 Å². The molecule has 3 aromatic heterocycles. The van der Waals surface area contributed by atoms with Gasteiger partial charge in [0.2, 0.25) is 0 Å². The lowest BCUT2D eigenvalue weighted by Crippen LogP contribution is -2.12. The van der Waals surface area contributed by atoms with Gasteiger partial charge in [0, 0.05) is 20.2 Å². The van der Waals surface area contributed by atoms with Crippen molar-refractivity contribution in [3.05, 3.63) is 56.0 Å². The Labute approximate surface area is 149 Å². The predicted molar refractivity (Wildman–Crippen MR) is 102 cm³/mol. The maximum Gasteiger partial charge on any atom is 0.267 e. The van der Waals surface area contributed by atoms with E-state index in [-0.39, 0.29) is 11.1 Å². The van der Waals surface area contributed by atoms with Crippen LogP contribution in [-0.4, -0.2) is 4.98 Å². The summed E-state index contributed by atoms with van der Waals surface area (Å²) in [6.45, 7) is 4.21. The minimum absolute atomic E-state index is 0.191. The summed E-state index contributed by atoms with van der Waals surface area (Å²) in [5.74, 6) is 0. The Bertz CT molecular complexity index is 956. The fourth-order valence-corrected chi connectivity index (χ4v) is 4.50. The van der Waals surface area contributed by atoms with Crippen LogP contribution < -0.4 is 5.56 Å². The van der Waals surface area contributed by atoms with Crippen LogP contribution in [0.1, 0.15) is 35.1 Å². The van der Waals surface area contributed by atoms with Crippen LogP contribution in [0.25, 0.3) is 21.0 Å². The molecule has 0 radical (unpaired) electrons. The van der Waals surface area contributed by atoms with Crippen LogP contribution in [-0.2, 0) is 6.42 Å². The Hall–Kier alpha value is -2.16. The van der Waals surface area contributed by atoms with E-state index in [2.05, 4.69) is 24.0 Å². The fraction of sp³-hybridized carbons (Fsp3) is 0.263. The molecule has 0 bridgehead atoms. The first-order valence-electron chi connectivity index (χ1n) is 7.95. The number of aromatic amines is 1. The van der Waals surface area contributed by atoms with Gasteiger partial charge in [-0.2, -0.15) is 5.26 Å². The van der Waals surface area contributed by atoms with Gasteiger partial charge in [-0.15, -0.1) is 22.7 Å². The van der Waals surface area contributed by atoms with E-state index in [4.69, 9.17) is 0 Å². The van der Waals surface area contributed by atoms with Crippen molar-refractivity contribution in [3.8, 4) is 27.1 Å². The molecule has 0 spiro atoms. The van der Waals surface area contributed by atoms with Crippen molar-refractivity contribution in [2.75, 3.05) is 0 Å². The molecule has 0 fully saturated rings. The lowest BCUT2D eigenvalue weighted by molar-refractivity contribution is 0.804. The quantitative estimate of drug-likeness (QED) is 0.671. The third-order valence-corrected chi connectivity index (χ3v) is 6.07. The zero-order valence-corrected chi connectivity index (χ0v) is 15.3. The van der Waals surface area contributed by atoms with Crippen molar-refractivity contribution in [3.63, 3.8) is 0 Å². The second-order valence-electron chi connectivity index (χ2n) is 5.69. The summed E-state index contributed by atoms with van der Waals surface area (Å²) < 4.78 is 0. The highest BCUT2D eigenvalue weighted by Gasteiger charge is 2.15. The van der Waals surface area contributed by atoms with Gasteiger partial charge in [0.15, 0.2) is 0 Å². The van der Waals surface area contributed by atoms with Gasteiger partial charge in [-0.05, 0) is 50.1 Å². The second-order valence-corrected chi connectivity index (χ2v) is 8.15. The summed E-state index contributed by atoms with van der Waals surface area (Å²) in [7, 11) is 0. The lowest BCUT2D eigenvalue weighted by atomic mass is 10.1. The number of pyridine rings is 1. The summed E-state index contributed by atoms with van der Waals surface area (Å²) in [4.78, 5) is 19.7. The third-order valence-electron chi connectivity index (χ3n) is 3.85. The number of nitrogens with zero attached hydrogens (tertiary/aromatic N) is 1. The molecule has 0 aliphatic carbocycles. The van der Waals surface area contributed by atoms with Gasteiger partial charge in [0.05, 0.1) is 10.6 Å². The number of hydrogen-bond donors (Lipinski definition) is 1. The number of thiophene rings is 2. The van der Waals surface area contributed by atoms with Crippen molar-refractivity contribution in [1.82, 2.24) is 4.98 Å². The summed E-state index contributed by atoms with van der Waals surface area (Å²) >= 11 is 3.31. The van der Waals surface area contributed by atoms with E-state index < -0.39 is 0 Å². The topological polar surface area (TPSA) is 56.6 Å². The van der Waals surface area contributed by atoms with E-state index in [0.717, 1.165) is 40.3 Å². The number of H-pyrrole nitrogens is 1. The Morgan fingerprint density at radius 3 is 2.62 bits per heavy atom. The number of nitrogens with one attached hydrogen (secondary N) is 1. The molecule has 0 saturated carbocycles. The van der Waals surface area contributed by atoms with Gasteiger partial charge < -0.3 is 4.98 Å². The van der Waals surface area contributed by atoms with Gasteiger partial charge in [0.1, 0.15) is 11.6 Å². The average molecular weight is 355 g/mol. The summed E-state index contributed by atoms with van der Waals surface area (Å²) in [6.07, 6.45) is 3.35. The molecule has 3 aromatic rings. The average Bonchev–Trinajstić information content (AvgIpc) is 3.21. The lowest BCUT2D eigenvalue weighted by Gasteiger charge is -2.04. The molecular formula is C19H18N2OS2. The first kappa shape index (κ1) is 16.7. The van der Waals surface area contributed by atoms with Gasteiger partial charge in [0.25, 0.3) is 5.56 Å². The Balaban J connectivity index is 2.09. The van der Waals surface area contributed by atoms with Crippen LogP contribution in [0, 0.1) is 18.3 Å². The van der Waals surface area contributed by atoms with Crippen molar-refractivity contribution < 1.29 is 0 Å². The zero-order valence-electron chi connectivity index (χ0n) is 13.7. The Kier molecular flexibility index (Phi) is 4.98. The molecule has 122 valence electrons. The summed E-state index contributed by atoms with van der Waals surface area (Å²) in [5.41, 5.74) is 1.38. The molecule has 0 aliphatic heterocycles. The summed E-state index contributed by atoms with van der Waals surface area (Å²) in [5, 5.41) is 9.41. The van der Waals surface area contributed by atoms with E-state index in [1.807, 2.05) is 31.2 Å². The molecule has 0 unspecified atom stereocenters. The fourth-order valence-electron chi connectivity index (χ4n) is 2.59. The highest BCUT2D eigenvalue weighted by atomic mass is 32.1. The molecule has 3 rings (SSSR count). The van der Waals surface area contributed by atoms with E-state index >= 15 is 0 Å². The van der Waals surface area contributed by atoms with Crippen LogP contribution >= 0.6 is 22.7 Å². The van der Waals surface area contributed by atoms with Crippen LogP contribution in [0.3, 0.4) is 0 Å². The number of nitriles is 1. The van der Waals surface area contributed by atoms with E-state index in [9.17, 15) is 10.1 Å². The smallest absolute Gasteiger partial charge is 0.267 e. The van der Waals surface area contributed by atoms with Gasteiger partial charge in [-0.1, -0.05) is 13.3 Å². The third kappa shape index (κ3) is 3.35. The van der Waals surface area contributed by atoms with E-state index in [0.29, 0.717) is 0 Å². The number of rotatable bonds is 5. The second kappa shape index (κ2) is 7.16. The monoisotopic (exact) mass is 354 g/mol. The molecule has 0 aromatic carbocycles. The summed E-state index contributed by atoms with van der Waals surface area (Å²) in [6, 6.07) is 12.2. The van der Waals surface area contributed by atoms with Crippen LogP contribution in [0.4, 0.5) is 0 Å². The van der Waals surface area contributed by atoms with Crippen molar-refractivity contribution in [2.24, 2.45) is 0 Å². The first-order chi connectivity index (χ1) is 11.6. The van der Waals surface area contributed by atoms with Crippen molar-refractivity contribution >= 4 is 22.7 Å². The Morgan fingerprint density at radius 1 is 1.17 bits per heavy atom. The van der Waals surface area contributed by atoms with Crippen LogP contribution in [0.5, 0.6) is 0 Å². The van der Waals surface area contributed by atoms with Crippen molar-refractivity contribution in [2.45, 2.75) is 33.1 Å². The molecular weight excluding hydrogens is 336 g/mol. The standard InChI is InChI=1S/C19H18N2OS2/c1-3-4-5-13-7-9-17(24-13)14-10-16(18-8-6-12(2)23-18)21-19(22)15(14)11-20/h6-10H,3-5H2,1-2H3,(H,21,22). The number of unbranched alkanes of at least 4 members (excludes halogenated alkanes) is 1. The molecule has 3 heterocycles. The van der Waals surface area contributed by atoms with Crippen LogP contribution in [0.2, 0.25) is 0 Å². The maximum absolute atomic E-state index is 12.4. The van der Waals surface area contributed by atoms with E-state index in [1.54, 1.807) is 22.7 Å². The number of aromatic nitrogens is 1. The predicted octanol–water partition coefficient (Wildman–Crippen LogP) is 5.35. The minimum Gasteiger partial charge on any atom is -0.320 e. The first-order valence-corrected chi connectivity index (χ1v) is 9.59. The van der Waals surface area contributed by atoms with E-state index in [1.165, 1.54) is 9.75 Å². The van der Waals surface area contributed by atoms with Crippen molar-refractivity contribution in [1.29, 1.82) is 5.26 Å². The number of hydrogen-bond acceptors (Lipinski definition) is 4. The zero-order chi connectivity index (χ0) is 17.1. The SMILES string of the molecule is CCCCc1ccc(-c2cc(-c3ccc(C)s3)[nH]c(=O)c2C#N)s1. The normalized spacial score (nSPS) is 10.7. The van der Waals surface area contributed by atoms with Gasteiger partial charge in [-0.25, -0.2) is 0 Å². The molecule has 5 heteroatoms.